The third-order valence-electron chi connectivity index (χ3n) is 2.85. The molecule has 1 aromatic heterocycles. The first-order valence-electron chi connectivity index (χ1n) is 5.09. The Bertz CT molecular complexity index is 296. The Labute approximate surface area is 77.1 Å². The van der Waals surface area contributed by atoms with Crippen molar-refractivity contribution in [1.82, 2.24) is 20.5 Å². The average molecular weight is 178 g/mol. The van der Waals surface area contributed by atoms with E-state index in [1.807, 2.05) is 0 Å². The monoisotopic (exact) mass is 178 g/mol. The Morgan fingerprint density at radius 3 is 2.85 bits per heavy atom. The fourth-order valence-corrected chi connectivity index (χ4v) is 1.89. The maximum absolute atomic E-state index is 4.53. The number of nitrogens with zero attached hydrogens (tertiary/aromatic N) is 2. The number of rotatable bonds is 2. The van der Waals surface area contributed by atoms with Crippen LogP contribution in [0.15, 0.2) is 0 Å². The van der Waals surface area contributed by atoms with Crippen LogP contribution in [0.2, 0.25) is 0 Å². The maximum atomic E-state index is 4.53. The average Bonchev–Trinajstić information content (AvgIpc) is 2.72. The summed E-state index contributed by atoms with van der Waals surface area (Å²) in [6.45, 7) is 1.12. The van der Waals surface area contributed by atoms with Crippen LogP contribution < -0.4 is 5.32 Å². The normalized spacial score (nSPS) is 28.2. The molecule has 0 bridgehead atoms. The Hall–Kier alpha value is -0.900. The molecule has 0 spiro atoms. The molecule has 1 atom stereocenters. The van der Waals surface area contributed by atoms with Gasteiger partial charge in [0.25, 0.3) is 0 Å². The van der Waals surface area contributed by atoms with E-state index in [1.54, 1.807) is 0 Å². The molecule has 0 aromatic carbocycles. The van der Waals surface area contributed by atoms with Crippen molar-refractivity contribution in [3.05, 3.63) is 11.6 Å². The van der Waals surface area contributed by atoms with Crippen LogP contribution in [0.1, 0.15) is 49.3 Å². The molecule has 0 amide bonds. The third-order valence-corrected chi connectivity index (χ3v) is 2.85. The minimum absolute atomic E-state index is 0.431. The predicted octanol–water partition coefficient (Wildman–Crippen LogP) is 1.11. The van der Waals surface area contributed by atoms with Gasteiger partial charge in [-0.3, -0.25) is 5.10 Å². The van der Waals surface area contributed by atoms with Crippen molar-refractivity contribution in [2.45, 2.75) is 37.6 Å². The van der Waals surface area contributed by atoms with E-state index in [-0.39, 0.29) is 0 Å². The molecule has 1 aliphatic heterocycles. The Morgan fingerprint density at radius 1 is 1.23 bits per heavy atom. The number of H-pyrrole nitrogens is 1. The molecule has 2 aliphatic rings. The van der Waals surface area contributed by atoms with Gasteiger partial charge in [0.05, 0.1) is 6.04 Å². The smallest absolute Gasteiger partial charge is 0.153 e. The first-order chi connectivity index (χ1) is 6.43. The highest BCUT2D eigenvalue weighted by Crippen LogP contribution is 2.38. The van der Waals surface area contributed by atoms with Crippen LogP contribution >= 0.6 is 0 Å². The summed E-state index contributed by atoms with van der Waals surface area (Å²) in [4.78, 5) is 4.53. The number of hydrogen-bond donors (Lipinski definition) is 2. The molecule has 2 fully saturated rings. The lowest BCUT2D eigenvalue weighted by Gasteiger charge is -2.03. The zero-order chi connectivity index (χ0) is 8.67. The van der Waals surface area contributed by atoms with Crippen LogP contribution in [0.4, 0.5) is 0 Å². The number of hydrogen-bond acceptors (Lipinski definition) is 3. The molecule has 1 aromatic rings. The second-order valence-corrected chi connectivity index (χ2v) is 4.00. The van der Waals surface area contributed by atoms with Crippen molar-refractivity contribution in [2.24, 2.45) is 0 Å². The number of aromatic nitrogens is 3. The van der Waals surface area contributed by atoms with Gasteiger partial charge in [0.1, 0.15) is 5.82 Å². The summed E-state index contributed by atoms with van der Waals surface area (Å²) >= 11 is 0. The quantitative estimate of drug-likeness (QED) is 0.713. The number of nitrogens with one attached hydrogen (secondary N) is 2. The summed E-state index contributed by atoms with van der Waals surface area (Å²) in [6.07, 6.45) is 4.99. The summed E-state index contributed by atoms with van der Waals surface area (Å²) < 4.78 is 0. The molecule has 3 rings (SSSR count). The minimum atomic E-state index is 0.431. The fourth-order valence-electron chi connectivity index (χ4n) is 1.89. The number of aromatic amines is 1. The van der Waals surface area contributed by atoms with Gasteiger partial charge in [-0.05, 0) is 32.2 Å². The first-order valence-corrected chi connectivity index (χ1v) is 5.09. The summed E-state index contributed by atoms with van der Waals surface area (Å²) in [7, 11) is 0. The maximum Gasteiger partial charge on any atom is 0.153 e. The molecule has 4 nitrogen and oxygen atoms in total. The second-order valence-electron chi connectivity index (χ2n) is 4.00. The van der Waals surface area contributed by atoms with Gasteiger partial charge in [-0.25, -0.2) is 4.98 Å². The molecular formula is C9H14N4. The standard InChI is InChI=1S/C9H14N4/c1-2-7(10-5-1)9-11-8(12-13-9)6-3-4-6/h6-7,10H,1-5H2,(H,11,12,13)/t7-/m0/s1. The van der Waals surface area contributed by atoms with Gasteiger partial charge < -0.3 is 5.32 Å². The summed E-state index contributed by atoms with van der Waals surface area (Å²) in [5.74, 6) is 2.73. The molecule has 0 radical (unpaired) electrons. The molecular weight excluding hydrogens is 164 g/mol. The summed E-state index contributed by atoms with van der Waals surface area (Å²) in [6, 6.07) is 0.431. The van der Waals surface area contributed by atoms with E-state index in [4.69, 9.17) is 0 Å². The van der Waals surface area contributed by atoms with E-state index in [1.165, 1.54) is 25.7 Å². The molecule has 70 valence electrons. The van der Waals surface area contributed by atoms with Crippen LogP contribution in [0.3, 0.4) is 0 Å². The van der Waals surface area contributed by atoms with E-state index < -0.39 is 0 Å². The highest BCUT2D eigenvalue weighted by molar-refractivity contribution is 5.07. The Morgan fingerprint density at radius 2 is 2.15 bits per heavy atom. The third kappa shape index (κ3) is 1.35. The fraction of sp³-hybridized carbons (Fsp3) is 0.778. The van der Waals surface area contributed by atoms with Crippen LogP contribution in [-0.2, 0) is 0 Å². The van der Waals surface area contributed by atoms with Crippen molar-refractivity contribution in [3.8, 4) is 0 Å². The molecule has 1 aliphatic carbocycles. The van der Waals surface area contributed by atoms with Crippen molar-refractivity contribution in [1.29, 1.82) is 0 Å². The Balaban J connectivity index is 1.79. The first kappa shape index (κ1) is 7.50. The van der Waals surface area contributed by atoms with Gasteiger partial charge in [0.2, 0.25) is 0 Å². The molecule has 1 saturated carbocycles. The molecule has 2 N–H and O–H groups in total. The largest absolute Gasteiger partial charge is 0.307 e. The highest BCUT2D eigenvalue weighted by atomic mass is 15.2. The van der Waals surface area contributed by atoms with Crippen LogP contribution in [0, 0.1) is 0 Å². The van der Waals surface area contributed by atoms with Crippen molar-refractivity contribution < 1.29 is 0 Å². The zero-order valence-corrected chi connectivity index (χ0v) is 7.58. The molecule has 4 heteroatoms. The van der Waals surface area contributed by atoms with Gasteiger partial charge in [0.15, 0.2) is 5.82 Å². The lowest BCUT2D eigenvalue weighted by atomic mass is 10.2. The molecule has 0 unspecified atom stereocenters. The topological polar surface area (TPSA) is 53.6 Å². The zero-order valence-electron chi connectivity index (χ0n) is 7.58. The van der Waals surface area contributed by atoms with Crippen molar-refractivity contribution >= 4 is 0 Å². The SMILES string of the molecule is C1CN[C@H](c2nc(C3CC3)n[nH]2)C1. The second kappa shape index (κ2) is 2.80. The highest BCUT2D eigenvalue weighted by Gasteiger charge is 2.29. The molecule has 2 heterocycles. The molecule has 1 saturated heterocycles. The lowest BCUT2D eigenvalue weighted by Crippen LogP contribution is -2.14. The minimum Gasteiger partial charge on any atom is -0.307 e. The van der Waals surface area contributed by atoms with E-state index in [9.17, 15) is 0 Å². The van der Waals surface area contributed by atoms with E-state index in [0.29, 0.717) is 12.0 Å². The van der Waals surface area contributed by atoms with Crippen LogP contribution in [-0.4, -0.2) is 21.7 Å². The van der Waals surface area contributed by atoms with Crippen LogP contribution in [0.25, 0.3) is 0 Å². The Kier molecular flexibility index (Phi) is 1.62. The van der Waals surface area contributed by atoms with Gasteiger partial charge in [-0.1, -0.05) is 0 Å². The summed E-state index contributed by atoms with van der Waals surface area (Å²) in [5, 5.41) is 10.7. The summed E-state index contributed by atoms with van der Waals surface area (Å²) in [5.41, 5.74) is 0. The van der Waals surface area contributed by atoms with Gasteiger partial charge in [0, 0.05) is 5.92 Å². The van der Waals surface area contributed by atoms with Gasteiger partial charge in [-0.2, -0.15) is 5.10 Å². The predicted molar refractivity (Wildman–Crippen MR) is 48.3 cm³/mol. The van der Waals surface area contributed by atoms with Crippen molar-refractivity contribution in [3.63, 3.8) is 0 Å². The van der Waals surface area contributed by atoms with Gasteiger partial charge in [-0.15, -0.1) is 0 Å². The van der Waals surface area contributed by atoms with E-state index in [2.05, 4.69) is 20.5 Å². The van der Waals surface area contributed by atoms with E-state index in [0.717, 1.165) is 18.2 Å². The molecule has 13 heavy (non-hydrogen) atoms. The van der Waals surface area contributed by atoms with E-state index >= 15 is 0 Å². The van der Waals surface area contributed by atoms with Crippen molar-refractivity contribution in [2.75, 3.05) is 6.54 Å². The lowest BCUT2D eigenvalue weighted by molar-refractivity contribution is 0.607. The van der Waals surface area contributed by atoms with Crippen LogP contribution in [0.5, 0.6) is 0 Å². The van der Waals surface area contributed by atoms with Gasteiger partial charge >= 0.3 is 0 Å².